The van der Waals surface area contributed by atoms with Crippen LogP contribution in [0.15, 0.2) is 53.7 Å². The first kappa shape index (κ1) is 17.5. The van der Waals surface area contributed by atoms with Gasteiger partial charge in [-0.15, -0.1) is 0 Å². The van der Waals surface area contributed by atoms with Gasteiger partial charge in [0.15, 0.2) is 0 Å². The maximum absolute atomic E-state index is 12.8. The quantitative estimate of drug-likeness (QED) is 0.688. The summed E-state index contributed by atoms with van der Waals surface area (Å²) in [7, 11) is -3.92. The van der Waals surface area contributed by atoms with E-state index in [0.29, 0.717) is 0 Å². The summed E-state index contributed by atoms with van der Waals surface area (Å²) in [4.78, 5) is 3.41. The smallest absolute Gasteiger partial charge is 0.250 e. The van der Waals surface area contributed by atoms with Crippen molar-refractivity contribution < 1.29 is 21.6 Å². The molecule has 25 heavy (non-hydrogen) atoms. The number of nitrogens with zero attached hydrogens (tertiary/aromatic N) is 2. The monoisotopic (exact) mass is 368 g/mol. The molecule has 0 amide bonds. The Morgan fingerprint density at radius 2 is 1.72 bits per heavy atom. The van der Waals surface area contributed by atoms with Crippen LogP contribution in [0.2, 0.25) is 0 Å². The lowest BCUT2D eigenvalue weighted by atomic mass is 10.0. The molecule has 132 valence electrons. The third-order valence-electron chi connectivity index (χ3n) is 3.93. The molecule has 2 aromatic heterocycles. The molecule has 4 nitrogen and oxygen atoms in total. The molecule has 0 fully saturated rings. The summed E-state index contributed by atoms with van der Waals surface area (Å²) in [5.74, 6) is 0.258. The predicted octanol–water partition coefficient (Wildman–Crippen LogP) is 4.42. The van der Waals surface area contributed by atoms with Crippen molar-refractivity contribution in [3.05, 3.63) is 60.0 Å². The van der Waals surface area contributed by atoms with E-state index < -0.39 is 21.9 Å². The summed E-state index contributed by atoms with van der Waals surface area (Å²) in [5.41, 5.74) is 0.0326. The molecule has 3 rings (SSSR count). The Bertz CT molecular complexity index is 1020. The fourth-order valence-electron chi connectivity index (χ4n) is 2.51. The highest BCUT2D eigenvalue weighted by Crippen LogP contribution is 2.30. The maximum Gasteiger partial charge on any atom is 0.433 e. The van der Waals surface area contributed by atoms with Crippen molar-refractivity contribution in [2.45, 2.75) is 30.8 Å². The average Bonchev–Trinajstić information content (AvgIpc) is 2.98. The van der Waals surface area contributed by atoms with Crippen molar-refractivity contribution in [3.8, 4) is 0 Å². The molecule has 0 N–H and O–H groups in total. The van der Waals surface area contributed by atoms with Gasteiger partial charge < -0.3 is 0 Å². The molecule has 1 aromatic carbocycles. The lowest BCUT2D eigenvalue weighted by molar-refractivity contribution is -0.141. The van der Waals surface area contributed by atoms with Gasteiger partial charge in [-0.1, -0.05) is 26.0 Å². The summed E-state index contributed by atoms with van der Waals surface area (Å²) in [6, 6.07) is 8.60. The molecule has 0 atom stereocenters. The lowest BCUT2D eigenvalue weighted by Crippen LogP contribution is -2.12. The lowest BCUT2D eigenvalue weighted by Gasteiger charge is -2.10. The van der Waals surface area contributed by atoms with Crippen molar-refractivity contribution in [1.29, 1.82) is 0 Å². The highest BCUT2D eigenvalue weighted by Gasteiger charge is 2.33. The molecule has 2 heterocycles. The minimum Gasteiger partial charge on any atom is -0.250 e. The first-order valence-electron chi connectivity index (χ1n) is 7.50. The molecular weight excluding hydrogens is 353 g/mol. The summed E-state index contributed by atoms with van der Waals surface area (Å²) >= 11 is 0. The van der Waals surface area contributed by atoms with Gasteiger partial charge in [0, 0.05) is 11.6 Å². The first-order valence-corrected chi connectivity index (χ1v) is 8.94. The number of hydrogen-bond donors (Lipinski definition) is 0. The molecule has 0 saturated heterocycles. The zero-order chi connectivity index (χ0) is 18.4. The second kappa shape index (κ2) is 5.87. The molecule has 0 unspecified atom stereocenters. The maximum atomic E-state index is 12.8. The van der Waals surface area contributed by atoms with Gasteiger partial charge in [0.2, 0.25) is 0 Å². The van der Waals surface area contributed by atoms with Gasteiger partial charge >= 0.3 is 6.18 Å². The normalized spacial score (nSPS) is 12.9. The molecule has 3 aromatic rings. The van der Waals surface area contributed by atoms with Gasteiger partial charge in [-0.2, -0.15) is 13.2 Å². The van der Waals surface area contributed by atoms with Crippen LogP contribution in [0.5, 0.6) is 0 Å². The Balaban J connectivity index is 2.08. The van der Waals surface area contributed by atoms with Crippen LogP contribution in [0.25, 0.3) is 10.9 Å². The topological polar surface area (TPSA) is 52.0 Å². The van der Waals surface area contributed by atoms with E-state index in [2.05, 4.69) is 4.98 Å². The number of pyridine rings is 1. The number of rotatable bonds is 3. The predicted molar refractivity (Wildman–Crippen MR) is 87.8 cm³/mol. The molecule has 0 spiro atoms. The van der Waals surface area contributed by atoms with E-state index in [4.69, 9.17) is 0 Å². The van der Waals surface area contributed by atoms with Gasteiger partial charge in [-0.3, -0.25) is 0 Å². The second-order valence-electron chi connectivity index (χ2n) is 5.97. The fourth-order valence-corrected chi connectivity index (χ4v) is 3.85. The van der Waals surface area contributed by atoms with Crippen molar-refractivity contribution in [2.24, 2.45) is 0 Å². The number of benzene rings is 1. The summed E-state index contributed by atoms with van der Waals surface area (Å²) in [6.07, 6.45) is -2.42. The Hall–Kier alpha value is -2.35. The molecule has 8 heteroatoms. The van der Waals surface area contributed by atoms with Crippen molar-refractivity contribution in [3.63, 3.8) is 0 Å². The fraction of sp³-hybridized carbons (Fsp3) is 0.235. The highest BCUT2D eigenvalue weighted by molar-refractivity contribution is 7.90. The third kappa shape index (κ3) is 3.13. The SMILES string of the molecule is CC(C)c1ccc(S(=O)(=O)n2ccc3cc(C(F)(F)F)ncc32)cc1. The molecular formula is C17H15F3N2O2S. The standard InChI is InChI=1S/C17H15F3N2O2S/c1-11(2)12-3-5-14(6-4-12)25(23,24)22-8-7-13-9-16(17(18,19)20)21-10-15(13)22/h3-11H,1-2H3. The van der Waals surface area contributed by atoms with E-state index in [1.807, 2.05) is 13.8 Å². The number of aromatic nitrogens is 2. The zero-order valence-corrected chi connectivity index (χ0v) is 14.3. The summed E-state index contributed by atoms with van der Waals surface area (Å²) in [5, 5.41) is 0.157. The van der Waals surface area contributed by atoms with Crippen LogP contribution in [-0.4, -0.2) is 17.4 Å². The minimum atomic E-state index is -4.58. The van der Waals surface area contributed by atoms with Crippen LogP contribution in [0.1, 0.15) is 31.0 Å². The molecule has 0 radical (unpaired) electrons. The van der Waals surface area contributed by atoms with E-state index in [1.165, 1.54) is 24.4 Å². The van der Waals surface area contributed by atoms with Crippen LogP contribution in [0, 0.1) is 0 Å². The van der Waals surface area contributed by atoms with Crippen molar-refractivity contribution in [1.82, 2.24) is 8.96 Å². The average molecular weight is 368 g/mol. The Morgan fingerprint density at radius 1 is 1.08 bits per heavy atom. The number of hydrogen-bond acceptors (Lipinski definition) is 3. The van der Waals surface area contributed by atoms with Gasteiger partial charge in [-0.25, -0.2) is 17.4 Å². The molecule has 0 bridgehead atoms. The largest absolute Gasteiger partial charge is 0.433 e. The van der Waals surface area contributed by atoms with Gasteiger partial charge in [0.1, 0.15) is 5.69 Å². The Morgan fingerprint density at radius 3 is 2.28 bits per heavy atom. The Labute approximate surface area is 143 Å². The molecule has 0 aliphatic rings. The van der Waals surface area contributed by atoms with Crippen LogP contribution in [-0.2, 0) is 16.2 Å². The summed E-state index contributed by atoms with van der Waals surface area (Å²) in [6.45, 7) is 3.99. The van der Waals surface area contributed by atoms with Crippen molar-refractivity contribution >= 4 is 20.9 Å². The van der Waals surface area contributed by atoms with E-state index in [0.717, 1.165) is 21.8 Å². The van der Waals surface area contributed by atoms with Crippen LogP contribution < -0.4 is 0 Å². The minimum absolute atomic E-state index is 0.0642. The van der Waals surface area contributed by atoms with Gasteiger partial charge in [-0.05, 0) is 35.7 Å². The summed E-state index contributed by atoms with van der Waals surface area (Å²) < 4.78 is 64.7. The molecule has 0 saturated carbocycles. The number of alkyl halides is 3. The molecule has 0 aliphatic carbocycles. The van der Waals surface area contributed by atoms with E-state index in [1.54, 1.807) is 12.1 Å². The van der Waals surface area contributed by atoms with Crippen LogP contribution >= 0.6 is 0 Å². The van der Waals surface area contributed by atoms with Gasteiger partial charge in [0.05, 0.1) is 16.6 Å². The Kier molecular flexibility index (Phi) is 4.10. The third-order valence-corrected chi connectivity index (χ3v) is 5.64. The van der Waals surface area contributed by atoms with E-state index >= 15 is 0 Å². The first-order chi connectivity index (χ1) is 11.6. The second-order valence-corrected chi connectivity index (χ2v) is 7.78. The van der Waals surface area contributed by atoms with E-state index in [-0.39, 0.29) is 21.7 Å². The van der Waals surface area contributed by atoms with Crippen LogP contribution in [0.3, 0.4) is 0 Å². The number of fused-ring (bicyclic) bond motifs is 1. The molecule has 0 aliphatic heterocycles. The van der Waals surface area contributed by atoms with E-state index in [9.17, 15) is 21.6 Å². The highest BCUT2D eigenvalue weighted by atomic mass is 32.2. The van der Waals surface area contributed by atoms with Crippen LogP contribution in [0.4, 0.5) is 13.2 Å². The van der Waals surface area contributed by atoms with Crippen molar-refractivity contribution in [2.75, 3.05) is 0 Å². The zero-order valence-electron chi connectivity index (χ0n) is 13.4. The van der Waals surface area contributed by atoms with Gasteiger partial charge in [0.25, 0.3) is 10.0 Å². The number of halogens is 3.